The summed E-state index contributed by atoms with van der Waals surface area (Å²) >= 11 is 0. The van der Waals surface area contributed by atoms with Gasteiger partial charge in [-0.25, -0.2) is 0 Å². The Morgan fingerprint density at radius 3 is 2.60 bits per heavy atom. The van der Waals surface area contributed by atoms with Crippen molar-refractivity contribution in [3.63, 3.8) is 0 Å². The van der Waals surface area contributed by atoms with Gasteiger partial charge < -0.3 is 4.74 Å². The fourth-order valence-corrected chi connectivity index (χ4v) is 2.20. The maximum atomic E-state index is 5.38. The Labute approximate surface area is 119 Å². The summed E-state index contributed by atoms with van der Waals surface area (Å²) in [6.07, 6.45) is 3.38. The van der Waals surface area contributed by atoms with Crippen LogP contribution in [0.4, 0.5) is 0 Å². The Morgan fingerprint density at radius 1 is 1.20 bits per heavy atom. The van der Waals surface area contributed by atoms with Crippen LogP contribution in [-0.2, 0) is 0 Å². The smallest absolute Gasteiger partial charge is 0.124 e. The van der Waals surface area contributed by atoms with Gasteiger partial charge in [-0.15, -0.1) is 0 Å². The number of hydrogen-bond donors (Lipinski definition) is 0. The van der Waals surface area contributed by atoms with Crippen molar-refractivity contribution in [1.29, 1.82) is 0 Å². The van der Waals surface area contributed by atoms with Gasteiger partial charge >= 0.3 is 0 Å². The first-order valence-electron chi connectivity index (χ1n) is 6.58. The fraction of sp³-hybridized carbons (Fsp3) is 0.312. The standard InChI is InChI=1S/C16H19N3O/c1-11(14-7-5-6-8-15(14)20-4)19-13(3)16-12(2)17-9-10-18-16/h5-11H,1-4H3. The number of hydrogen-bond acceptors (Lipinski definition) is 4. The summed E-state index contributed by atoms with van der Waals surface area (Å²) in [4.78, 5) is 13.3. The highest BCUT2D eigenvalue weighted by molar-refractivity contribution is 5.97. The SMILES string of the molecule is COc1ccccc1C(C)N=C(C)c1nccnc1C. The second-order valence-corrected chi connectivity index (χ2v) is 4.62. The molecule has 0 saturated heterocycles. The third-order valence-electron chi connectivity index (χ3n) is 3.20. The van der Waals surface area contributed by atoms with Crippen LogP contribution in [-0.4, -0.2) is 22.8 Å². The number of aliphatic imine (C=N–C) groups is 1. The Bertz CT molecular complexity index is 623. The summed E-state index contributed by atoms with van der Waals surface area (Å²) in [6.45, 7) is 5.95. The van der Waals surface area contributed by atoms with Gasteiger partial charge in [-0.1, -0.05) is 18.2 Å². The van der Waals surface area contributed by atoms with Crippen molar-refractivity contribution in [3.8, 4) is 5.75 Å². The number of aryl methyl sites for hydroxylation is 1. The average molecular weight is 269 g/mol. The van der Waals surface area contributed by atoms with Crippen molar-refractivity contribution in [1.82, 2.24) is 9.97 Å². The molecule has 0 amide bonds. The zero-order chi connectivity index (χ0) is 14.5. The van der Waals surface area contributed by atoms with Crippen LogP contribution in [0.1, 0.15) is 36.8 Å². The van der Waals surface area contributed by atoms with E-state index in [0.717, 1.165) is 28.4 Å². The maximum absolute atomic E-state index is 5.38. The molecule has 1 aromatic heterocycles. The number of rotatable bonds is 4. The number of aromatic nitrogens is 2. The molecule has 1 aromatic carbocycles. The molecule has 1 heterocycles. The first kappa shape index (κ1) is 14.2. The zero-order valence-electron chi connectivity index (χ0n) is 12.3. The Kier molecular flexibility index (Phi) is 4.45. The molecule has 1 unspecified atom stereocenters. The van der Waals surface area contributed by atoms with Crippen molar-refractivity contribution in [2.24, 2.45) is 4.99 Å². The Hall–Kier alpha value is -2.23. The van der Waals surface area contributed by atoms with E-state index < -0.39 is 0 Å². The molecule has 20 heavy (non-hydrogen) atoms. The number of methoxy groups -OCH3 is 1. The molecular formula is C16H19N3O. The minimum absolute atomic E-state index is 0.00700. The fourth-order valence-electron chi connectivity index (χ4n) is 2.20. The lowest BCUT2D eigenvalue weighted by atomic mass is 10.1. The van der Waals surface area contributed by atoms with E-state index >= 15 is 0 Å². The molecule has 1 atom stereocenters. The van der Waals surface area contributed by atoms with E-state index in [0.29, 0.717) is 0 Å². The minimum Gasteiger partial charge on any atom is -0.496 e. The summed E-state index contributed by atoms with van der Waals surface area (Å²) < 4.78 is 5.38. The van der Waals surface area contributed by atoms with Crippen LogP contribution in [0.2, 0.25) is 0 Å². The van der Waals surface area contributed by atoms with Crippen LogP contribution in [0.5, 0.6) is 5.75 Å². The van der Waals surface area contributed by atoms with Crippen molar-refractivity contribution in [2.75, 3.05) is 7.11 Å². The first-order chi connectivity index (χ1) is 9.63. The van der Waals surface area contributed by atoms with Gasteiger partial charge in [0.25, 0.3) is 0 Å². The predicted octanol–water partition coefficient (Wildman–Crippen LogP) is 3.36. The molecule has 0 aliphatic rings. The normalized spacial score (nSPS) is 13.1. The van der Waals surface area contributed by atoms with E-state index in [-0.39, 0.29) is 6.04 Å². The highest BCUT2D eigenvalue weighted by atomic mass is 16.5. The van der Waals surface area contributed by atoms with E-state index in [1.54, 1.807) is 19.5 Å². The van der Waals surface area contributed by atoms with Gasteiger partial charge in [-0.05, 0) is 26.8 Å². The van der Waals surface area contributed by atoms with Crippen molar-refractivity contribution < 1.29 is 4.74 Å². The third kappa shape index (κ3) is 3.02. The molecule has 0 aliphatic heterocycles. The van der Waals surface area contributed by atoms with Crippen LogP contribution >= 0.6 is 0 Å². The molecule has 0 bridgehead atoms. The lowest BCUT2D eigenvalue weighted by molar-refractivity contribution is 0.407. The van der Waals surface area contributed by atoms with E-state index in [4.69, 9.17) is 9.73 Å². The van der Waals surface area contributed by atoms with E-state index in [2.05, 4.69) is 9.97 Å². The highest BCUT2D eigenvalue weighted by Crippen LogP contribution is 2.27. The lowest BCUT2D eigenvalue weighted by Crippen LogP contribution is -2.05. The van der Waals surface area contributed by atoms with Gasteiger partial charge in [0, 0.05) is 18.0 Å². The average Bonchev–Trinajstić information content (AvgIpc) is 2.47. The van der Waals surface area contributed by atoms with Crippen molar-refractivity contribution >= 4 is 5.71 Å². The largest absolute Gasteiger partial charge is 0.496 e. The van der Waals surface area contributed by atoms with Crippen molar-refractivity contribution in [3.05, 3.63) is 53.6 Å². The second kappa shape index (κ2) is 6.28. The van der Waals surface area contributed by atoms with Gasteiger partial charge in [0.15, 0.2) is 0 Å². The van der Waals surface area contributed by atoms with Crippen LogP contribution in [0, 0.1) is 6.92 Å². The molecule has 0 aliphatic carbocycles. The number of para-hydroxylation sites is 1. The molecule has 0 radical (unpaired) electrons. The molecule has 2 aromatic rings. The monoisotopic (exact) mass is 269 g/mol. The maximum Gasteiger partial charge on any atom is 0.124 e. The summed E-state index contributed by atoms with van der Waals surface area (Å²) in [7, 11) is 1.68. The zero-order valence-corrected chi connectivity index (χ0v) is 12.3. The molecule has 4 nitrogen and oxygen atoms in total. The van der Waals surface area contributed by atoms with Crippen LogP contribution < -0.4 is 4.74 Å². The van der Waals surface area contributed by atoms with Gasteiger partial charge in [-0.3, -0.25) is 15.0 Å². The van der Waals surface area contributed by atoms with Gasteiger partial charge in [-0.2, -0.15) is 0 Å². The van der Waals surface area contributed by atoms with Gasteiger partial charge in [0.05, 0.1) is 24.6 Å². The second-order valence-electron chi connectivity index (χ2n) is 4.62. The van der Waals surface area contributed by atoms with Gasteiger partial charge in [0.2, 0.25) is 0 Å². The molecule has 0 fully saturated rings. The van der Waals surface area contributed by atoms with Crippen LogP contribution in [0.25, 0.3) is 0 Å². The minimum atomic E-state index is 0.00700. The van der Waals surface area contributed by atoms with Crippen LogP contribution in [0.15, 0.2) is 41.7 Å². The molecule has 2 rings (SSSR count). The number of benzene rings is 1. The Morgan fingerprint density at radius 2 is 1.90 bits per heavy atom. The predicted molar refractivity (Wildman–Crippen MR) is 80.4 cm³/mol. The number of nitrogens with zero attached hydrogens (tertiary/aromatic N) is 3. The first-order valence-corrected chi connectivity index (χ1v) is 6.58. The number of ether oxygens (including phenoxy) is 1. The molecular weight excluding hydrogens is 250 g/mol. The molecule has 4 heteroatoms. The molecule has 0 saturated carbocycles. The molecule has 104 valence electrons. The Balaban J connectivity index is 2.32. The van der Waals surface area contributed by atoms with Crippen LogP contribution in [0.3, 0.4) is 0 Å². The third-order valence-corrected chi connectivity index (χ3v) is 3.20. The van der Waals surface area contributed by atoms with Crippen molar-refractivity contribution in [2.45, 2.75) is 26.8 Å². The molecule has 0 N–H and O–H groups in total. The van der Waals surface area contributed by atoms with E-state index in [1.165, 1.54) is 0 Å². The van der Waals surface area contributed by atoms with E-state index in [9.17, 15) is 0 Å². The summed E-state index contributed by atoms with van der Waals surface area (Å²) in [5.41, 5.74) is 3.68. The van der Waals surface area contributed by atoms with Gasteiger partial charge in [0.1, 0.15) is 11.4 Å². The summed E-state index contributed by atoms with van der Waals surface area (Å²) in [5, 5.41) is 0. The lowest BCUT2D eigenvalue weighted by Gasteiger charge is -2.13. The van der Waals surface area contributed by atoms with E-state index in [1.807, 2.05) is 45.0 Å². The summed E-state index contributed by atoms with van der Waals surface area (Å²) in [5.74, 6) is 0.854. The molecule has 0 spiro atoms. The topological polar surface area (TPSA) is 47.4 Å². The highest BCUT2D eigenvalue weighted by Gasteiger charge is 2.11. The summed E-state index contributed by atoms with van der Waals surface area (Å²) in [6, 6.07) is 7.94. The quantitative estimate of drug-likeness (QED) is 0.799.